The van der Waals surface area contributed by atoms with E-state index in [4.69, 9.17) is 0 Å². The molecule has 0 atom stereocenters. The second-order valence-electron chi connectivity index (χ2n) is 7.07. The first kappa shape index (κ1) is 19.1. The lowest BCUT2D eigenvalue weighted by Crippen LogP contribution is -2.24. The van der Waals surface area contributed by atoms with Gasteiger partial charge >= 0.3 is 0 Å². The Kier molecular flexibility index (Phi) is 4.98. The Labute approximate surface area is 182 Å². The molecular formula is C24H17N5OS. The molecule has 0 aliphatic carbocycles. The summed E-state index contributed by atoms with van der Waals surface area (Å²) in [4.78, 5) is 13.3. The molecule has 7 heteroatoms. The van der Waals surface area contributed by atoms with Crippen LogP contribution in [-0.2, 0) is 12.3 Å². The zero-order valence-electron chi connectivity index (χ0n) is 16.5. The van der Waals surface area contributed by atoms with Crippen LogP contribution in [0.2, 0.25) is 0 Å². The van der Waals surface area contributed by atoms with Gasteiger partial charge in [-0.25, -0.2) is 0 Å². The van der Waals surface area contributed by atoms with Crippen LogP contribution in [0.4, 0.5) is 0 Å². The van der Waals surface area contributed by atoms with Gasteiger partial charge < -0.3 is 0 Å². The van der Waals surface area contributed by atoms with Crippen LogP contribution in [0.3, 0.4) is 0 Å². The van der Waals surface area contributed by atoms with Gasteiger partial charge in [0.2, 0.25) is 5.78 Å². The van der Waals surface area contributed by atoms with Crippen molar-refractivity contribution in [3.8, 4) is 6.07 Å². The number of nitriles is 1. The van der Waals surface area contributed by atoms with Crippen LogP contribution < -0.4 is 5.56 Å². The first-order chi connectivity index (χ1) is 15.3. The molecule has 0 fully saturated rings. The summed E-state index contributed by atoms with van der Waals surface area (Å²) in [6.45, 7) is 0.411. The van der Waals surface area contributed by atoms with Crippen LogP contribution in [0, 0.1) is 11.3 Å². The van der Waals surface area contributed by atoms with Crippen molar-refractivity contribution in [3.05, 3.63) is 106 Å². The molecule has 6 nitrogen and oxygen atoms in total. The molecule has 0 N–H and O–H groups in total. The normalized spacial score (nSPS) is 11.1. The SMILES string of the molecule is N#Cc1ccccc1CSc1nnc2n(Cc3ccccc3)c(=O)c3ccccc3n12. The molecule has 150 valence electrons. The Bertz CT molecular complexity index is 1500. The molecule has 0 saturated carbocycles. The monoisotopic (exact) mass is 423 g/mol. The summed E-state index contributed by atoms with van der Waals surface area (Å²) in [7, 11) is 0. The number of para-hydroxylation sites is 1. The highest BCUT2D eigenvalue weighted by Crippen LogP contribution is 2.26. The summed E-state index contributed by atoms with van der Waals surface area (Å²) in [5.41, 5.74) is 3.28. The lowest BCUT2D eigenvalue weighted by molar-refractivity contribution is 0.764. The zero-order chi connectivity index (χ0) is 21.2. The fourth-order valence-corrected chi connectivity index (χ4v) is 4.58. The van der Waals surface area contributed by atoms with Gasteiger partial charge in [0.25, 0.3) is 5.56 Å². The highest BCUT2D eigenvalue weighted by atomic mass is 32.2. The van der Waals surface area contributed by atoms with E-state index in [1.165, 1.54) is 11.8 Å². The van der Waals surface area contributed by atoms with Gasteiger partial charge in [0.15, 0.2) is 5.16 Å². The van der Waals surface area contributed by atoms with Crippen molar-refractivity contribution < 1.29 is 0 Å². The van der Waals surface area contributed by atoms with Crippen molar-refractivity contribution >= 4 is 28.4 Å². The van der Waals surface area contributed by atoms with Crippen LogP contribution in [0.5, 0.6) is 0 Å². The number of hydrogen-bond acceptors (Lipinski definition) is 5. The van der Waals surface area contributed by atoms with E-state index in [-0.39, 0.29) is 5.56 Å². The maximum absolute atomic E-state index is 13.3. The minimum atomic E-state index is -0.0919. The fourth-order valence-electron chi connectivity index (χ4n) is 3.63. The number of hydrogen-bond donors (Lipinski definition) is 0. The van der Waals surface area contributed by atoms with Crippen molar-refractivity contribution in [2.24, 2.45) is 0 Å². The largest absolute Gasteiger partial charge is 0.272 e. The Morgan fingerprint density at radius 3 is 2.48 bits per heavy atom. The van der Waals surface area contributed by atoms with Gasteiger partial charge in [0, 0.05) is 5.75 Å². The van der Waals surface area contributed by atoms with Crippen molar-refractivity contribution in [3.63, 3.8) is 0 Å². The lowest BCUT2D eigenvalue weighted by atomic mass is 10.1. The predicted molar refractivity (Wildman–Crippen MR) is 121 cm³/mol. The summed E-state index contributed by atoms with van der Waals surface area (Å²) < 4.78 is 3.59. The Balaban J connectivity index is 1.64. The number of benzene rings is 3. The highest BCUT2D eigenvalue weighted by Gasteiger charge is 2.17. The van der Waals surface area contributed by atoms with Crippen LogP contribution >= 0.6 is 11.8 Å². The number of fused-ring (bicyclic) bond motifs is 3. The second kappa shape index (κ2) is 8.09. The van der Waals surface area contributed by atoms with Gasteiger partial charge in [-0.2, -0.15) is 5.26 Å². The topological polar surface area (TPSA) is 76.0 Å². The molecule has 0 radical (unpaired) electrons. The summed E-state index contributed by atoms with van der Waals surface area (Å²) in [5.74, 6) is 1.08. The minimum Gasteiger partial charge on any atom is -0.272 e. The average Bonchev–Trinajstić information content (AvgIpc) is 3.25. The summed E-state index contributed by atoms with van der Waals surface area (Å²) in [6, 6.07) is 27.1. The Hall–Kier alpha value is -3.89. The van der Waals surface area contributed by atoms with E-state index in [2.05, 4.69) is 16.3 Å². The molecule has 0 bridgehead atoms. The van der Waals surface area contributed by atoms with Gasteiger partial charge in [-0.05, 0) is 29.3 Å². The van der Waals surface area contributed by atoms with Crippen LogP contribution in [-0.4, -0.2) is 19.2 Å². The van der Waals surface area contributed by atoms with E-state index in [0.29, 0.717) is 34.2 Å². The first-order valence-corrected chi connectivity index (χ1v) is 10.8. The zero-order valence-corrected chi connectivity index (χ0v) is 17.3. The van der Waals surface area contributed by atoms with Gasteiger partial charge in [-0.1, -0.05) is 72.4 Å². The van der Waals surface area contributed by atoms with Crippen LogP contribution in [0.15, 0.2) is 88.8 Å². The highest BCUT2D eigenvalue weighted by molar-refractivity contribution is 7.98. The predicted octanol–water partition coefficient (Wildman–Crippen LogP) is 4.26. The van der Waals surface area contributed by atoms with Crippen molar-refractivity contribution in [2.45, 2.75) is 17.5 Å². The molecule has 0 aliphatic heterocycles. The molecule has 0 spiro atoms. The molecule has 2 heterocycles. The molecular weight excluding hydrogens is 406 g/mol. The quantitative estimate of drug-likeness (QED) is 0.395. The standard InChI is InChI=1S/C24H17N5OS/c25-14-18-10-4-5-11-19(18)16-31-24-27-26-23-28(15-17-8-2-1-3-9-17)22(30)20-12-6-7-13-21(20)29(23)24/h1-13H,15-16H2. The van der Waals surface area contributed by atoms with Crippen molar-refractivity contribution in [1.82, 2.24) is 19.2 Å². The summed E-state index contributed by atoms with van der Waals surface area (Å²) in [5, 5.41) is 19.4. The number of nitrogens with zero attached hydrogens (tertiary/aromatic N) is 5. The molecule has 0 saturated heterocycles. The Morgan fingerprint density at radius 2 is 1.65 bits per heavy atom. The fraction of sp³-hybridized carbons (Fsp3) is 0.0833. The molecule has 5 rings (SSSR count). The number of rotatable bonds is 5. The van der Waals surface area contributed by atoms with Gasteiger partial charge in [-0.15, -0.1) is 10.2 Å². The van der Waals surface area contributed by atoms with E-state index >= 15 is 0 Å². The van der Waals surface area contributed by atoms with E-state index < -0.39 is 0 Å². The van der Waals surface area contributed by atoms with Gasteiger partial charge in [0.05, 0.1) is 29.1 Å². The van der Waals surface area contributed by atoms with E-state index in [9.17, 15) is 10.1 Å². The molecule has 0 amide bonds. The van der Waals surface area contributed by atoms with Crippen LogP contribution in [0.25, 0.3) is 16.7 Å². The van der Waals surface area contributed by atoms with Gasteiger partial charge in [0.1, 0.15) is 0 Å². The third-order valence-electron chi connectivity index (χ3n) is 5.16. The van der Waals surface area contributed by atoms with Crippen LogP contribution in [0.1, 0.15) is 16.7 Å². The molecule has 2 aromatic heterocycles. The molecule has 0 aliphatic rings. The summed E-state index contributed by atoms with van der Waals surface area (Å²) in [6.07, 6.45) is 0. The number of thioether (sulfide) groups is 1. The maximum Gasteiger partial charge on any atom is 0.263 e. The first-order valence-electron chi connectivity index (χ1n) is 9.77. The minimum absolute atomic E-state index is 0.0919. The van der Waals surface area contributed by atoms with Crippen molar-refractivity contribution in [1.29, 1.82) is 5.26 Å². The molecule has 0 unspecified atom stereocenters. The second-order valence-corrected chi connectivity index (χ2v) is 8.01. The third-order valence-corrected chi connectivity index (χ3v) is 6.13. The number of aromatic nitrogens is 4. The van der Waals surface area contributed by atoms with Gasteiger partial charge in [-0.3, -0.25) is 13.8 Å². The summed E-state index contributed by atoms with van der Waals surface area (Å²) >= 11 is 1.50. The maximum atomic E-state index is 13.3. The lowest BCUT2D eigenvalue weighted by Gasteiger charge is -2.11. The molecule has 5 aromatic rings. The third kappa shape index (κ3) is 3.47. The van der Waals surface area contributed by atoms with E-state index in [1.54, 1.807) is 4.57 Å². The Morgan fingerprint density at radius 1 is 0.903 bits per heavy atom. The van der Waals surface area contributed by atoms with Crippen molar-refractivity contribution in [2.75, 3.05) is 0 Å². The molecule has 31 heavy (non-hydrogen) atoms. The molecule has 3 aromatic carbocycles. The smallest absolute Gasteiger partial charge is 0.263 e. The van der Waals surface area contributed by atoms with E-state index in [0.717, 1.165) is 16.6 Å². The average molecular weight is 424 g/mol. The van der Waals surface area contributed by atoms with E-state index in [1.807, 2.05) is 83.3 Å².